The summed E-state index contributed by atoms with van der Waals surface area (Å²) in [5.41, 5.74) is 6.69. The predicted octanol–water partition coefficient (Wildman–Crippen LogP) is 6.42. The first kappa shape index (κ1) is 38.4. The molecule has 0 aromatic heterocycles. The van der Waals surface area contributed by atoms with E-state index in [0.717, 1.165) is 78.9 Å². The molecule has 6 rings (SSSR count). The second kappa shape index (κ2) is 17.1. The molecule has 3 heterocycles. The molecule has 3 aromatic rings. The number of carboxylic acid groups (broad SMARTS) is 2. The first-order valence-electron chi connectivity index (χ1n) is 17.4. The van der Waals surface area contributed by atoms with E-state index in [4.69, 9.17) is 24.4 Å². The van der Waals surface area contributed by atoms with Gasteiger partial charge in [0.2, 0.25) is 5.91 Å². The molecule has 12 heteroatoms. The van der Waals surface area contributed by atoms with Crippen molar-refractivity contribution >= 4 is 34.8 Å². The number of likely N-dealkylation sites (tertiary alicyclic amines) is 1. The quantitative estimate of drug-likeness (QED) is 0.177. The number of rotatable bonds is 12. The minimum atomic E-state index is -1.26. The van der Waals surface area contributed by atoms with Crippen LogP contribution < -0.4 is 19.5 Å². The van der Waals surface area contributed by atoms with Gasteiger partial charge in [0.15, 0.2) is 0 Å². The number of hydrogen-bond acceptors (Lipinski definition) is 9. The van der Waals surface area contributed by atoms with Gasteiger partial charge in [0.05, 0.1) is 5.25 Å². The normalized spacial score (nSPS) is 21.2. The Bertz CT molecular complexity index is 1800. The van der Waals surface area contributed by atoms with Crippen LogP contribution in [0.4, 0.5) is 4.79 Å². The molecule has 2 unspecified atom stereocenters. The number of ether oxygens (including phenoxy) is 3. The first-order chi connectivity index (χ1) is 24.8. The average Bonchev–Trinajstić information content (AvgIpc) is 3.69. The van der Waals surface area contributed by atoms with E-state index < -0.39 is 11.9 Å². The molecule has 0 saturated carbocycles. The van der Waals surface area contributed by atoms with E-state index in [1.54, 1.807) is 0 Å². The smallest absolute Gasteiger partial charge is 0.328 e. The highest BCUT2D eigenvalue weighted by Crippen LogP contribution is 2.44. The number of benzene rings is 3. The lowest BCUT2D eigenvalue weighted by Gasteiger charge is -2.41. The highest BCUT2D eigenvalue weighted by atomic mass is 32.2. The number of thioether (sulfide) groups is 1. The Kier molecular flexibility index (Phi) is 12.7. The highest BCUT2D eigenvalue weighted by molar-refractivity contribution is 8.15. The Morgan fingerprint density at radius 3 is 2.29 bits per heavy atom. The van der Waals surface area contributed by atoms with Crippen molar-refractivity contribution in [3.05, 3.63) is 100 Å². The number of amides is 2. The maximum atomic E-state index is 11.9. The number of carbonyl (C=O) groups is 4. The lowest BCUT2D eigenvalue weighted by atomic mass is 9.86. The monoisotopic (exact) mass is 730 g/mol. The van der Waals surface area contributed by atoms with Gasteiger partial charge in [0, 0.05) is 30.3 Å². The van der Waals surface area contributed by atoms with Crippen molar-refractivity contribution in [2.75, 3.05) is 19.7 Å². The van der Waals surface area contributed by atoms with Crippen molar-refractivity contribution in [3.63, 3.8) is 0 Å². The Labute approximate surface area is 308 Å². The maximum absolute atomic E-state index is 11.9. The molecule has 3 aliphatic heterocycles. The number of fused-ring (bicyclic) bond motifs is 1. The number of aliphatic carboxylic acids is 2. The summed E-state index contributed by atoms with van der Waals surface area (Å²) < 4.78 is 19.5. The van der Waals surface area contributed by atoms with Gasteiger partial charge in [-0.3, -0.25) is 19.8 Å². The van der Waals surface area contributed by atoms with Crippen LogP contribution in [-0.2, 0) is 33.8 Å². The molecule has 3 N–H and O–H groups in total. The first-order valence-corrected chi connectivity index (χ1v) is 18.3. The summed E-state index contributed by atoms with van der Waals surface area (Å²) in [5.74, 6) is 0.116. The van der Waals surface area contributed by atoms with Crippen molar-refractivity contribution in [3.8, 4) is 17.2 Å². The zero-order valence-corrected chi connectivity index (χ0v) is 30.8. The van der Waals surface area contributed by atoms with E-state index in [-0.39, 0.29) is 22.0 Å². The van der Waals surface area contributed by atoms with Gasteiger partial charge in [0.25, 0.3) is 5.24 Å². The third-order valence-electron chi connectivity index (χ3n) is 9.75. The molecule has 11 nitrogen and oxygen atoms in total. The number of carboxylic acids is 2. The van der Waals surface area contributed by atoms with Gasteiger partial charge < -0.3 is 24.4 Å². The SMILES string of the molecule is Cc1c(C)c2c(c(C)c1OCc1ccccc1)CCC(C)(CN1CCC[C@H]1COc1ccc(CC3SC(=O)NC3=O)cc1)O2.O=C(O)/C=C\C(=O)O. The molecule has 2 fully saturated rings. The molecule has 3 aliphatic rings. The third kappa shape index (κ3) is 9.95. The van der Waals surface area contributed by atoms with Crippen molar-refractivity contribution in [1.29, 1.82) is 0 Å². The fourth-order valence-electron chi connectivity index (χ4n) is 6.86. The summed E-state index contributed by atoms with van der Waals surface area (Å²) in [7, 11) is 0. The van der Waals surface area contributed by atoms with Crippen LogP contribution in [0.2, 0.25) is 0 Å². The van der Waals surface area contributed by atoms with E-state index in [2.05, 4.69) is 50.0 Å². The van der Waals surface area contributed by atoms with Gasteiger partial charge in [-0.15, -0.1) is 0 Å². The summed E-state index contributed by atoms with van der Waals surface area (Å²) in [4.78, 5) is 45.0. The molecule has 2 saturated heterocycles. The number of carbonyl (C=O) groups excluding carboxylic acids is 2. The van der Waals surface area contributed by atoms with Gasteiger partial charge in [0.1, 0.15) is 36.1 Å². The second-order valence-electron chi connectivity index (χ2n) is 13.7. The summed E-state index contributed by atoms with van der Waals surface area (Å²) in [6.45, 7) is 11.8. The van der Waals surface area contributed by atoms with Crippen molar-refractivity contribution < 1.29 is 43.6 Å². The van der Waals surface area contributed by atoms with E-state index in [9.17, 15) is 19.2 Å². The largest absolute Gasteiger partial charge is 0.492 e. The zero-order valence-electron chi connectivity index (χ0n) is 30.0. The van der Waals surface area contributed by atoms with Crippen molar-refractivity contribution in [2.24, 2.45) is 0 Å². The van der Waals surface area contributed by atoms with Gasteiger partial charge in [-0.1, -0.05) is 54.2 Å². The van der Waals surface area contributed by atoms with Crippen LogP contribution in [0.5, 0.6) is 17.2 Å². The number of imide groups is 1. The predicted molar refractivity (Wildman–Crippen MR) is 198 cm³/mol. The van der Waals surface area contributed by atoms with Crippen LogP contribution in [0.1, 0.15) is 59.6 Å². The zero-order chi connectivity index (χ0) is 37.4. The van der Waals surface area contributed by atoms with Gasteiger partial charge in [-0.25, -0.2) is 9.59 Å². The lowest BCUT2D eigenvalue weighted by Crippen LogP contribution is -2.50. The van der Waals surface area contributed by atoms with Crippen LogP contribution in [0.3, 0.4) is 0 Å². The molecule has 3 aromatic carbocycles. The summed E-state index contributed by atoms with van der Waals surface area (Å²) in [6, 6.07) is 18.5. The van der Waals surface area contributed by atoms with Crippen LogP contribution >= 0.6 is 11.8 Å². The number of nitrogens with one attached hydrogen (secondary N) is 1. The Hall–Kier alpha value is -4.81. The summed E-state index contributed by atoms with van der Waals surface area (Å²) in [5, 5.41) is 17.4. The average molecular weight is 731 g/mol. The third-order valence-corrected chi connectivity index (χ3v) is 10.7. The van der Waals surface area contributed by atoms with Gasteiger partial charge in [-0.2, -0.15) is 0 Å². The van der Waals surface area contributed by atoms with E-state index >= 15 is 0 Å². The van der Waals surface area contributed by atoms with Crippen molar-refractivity contribution in [1.82, 2.24) is 10.2 Å². The Balaban J connectivity index is 0.000000587. The molecular formula is C40H46N2O9S. The van der Waals surface area contributed by atoms with E-state index in [1.165, 1.54) is 22.3 Å². The van der Waals surface area contributed by atoms with Crippen LogP contribution in [0.15, 0.2) is 66.7 Å². The second-order valence-corrected chi connectivity index (χ2v) is 14.8. The molecule has 0 radical (unpaired) electrons. The minimum absolute atomic E-state index is 0.209. The van der Waals surface area contributed by atoms with Crippen molar-refractivity contribution in [2.45, 2.75) is 83.3 Å². The summed E-state index contributed by atoms with van der Waals surface area (Å²) >= 11 is 1.06. The standard InChI is InChI=1S/C36H42N2O5S.C4H4O4/c1-23-24(2)33-30(25(3)32(23)42-20-27-9-6-5-7-10-27)16-17-36(4,43-33)22-38-18-8-11-28(38)21-41-29-14-12-26(13-15-29)19-31-34(39)37-35(40)44-31;5-3(6)1-2-4(7)8/h5-7,9-10,12-15,28,31H,8,11,16-22H2,1-4H3,(H,37,39,40);1-2H,(H,5,6)(H,7,8)/b;2-1-/t28-,31?,36?;/m0./s1. The molecule has 52 heavy (non-hydrogen) atoms. The number of hydrogen-bond donors (Lipinski definition) is 3. The van der Waals surface area contributed by atoms with Gasteiger partial charge in [-0.05, 0) is 106 Å². The van der Waals surface area contributed by atoms with E-state index in [0.29, 0.717) is 37.8 Å². The molecule has 0 bridgehead atoms. The fraction of sp³-hybridized carbons (Fsp3) is 0.400. The Morgan fingerprint density at radius 2 is 1.65 bits per heavy atom. The molecule has 276 valence electrons. The van der Waals surface area contributed by atoms with E-state index in [1.807, 2.05) is 42.5 Å². The molecule has 0 aliphatic carbocycles. The maximum Gasteiger partial charge on any atom is 0.328 e. The topological polar surface area (TPSA) is 152 Å². The molecule has 3 atom stereocenters. The van der Waals surface area contributed by atoms with Gasteiger partial charge >= 0.3 is 11.9 Å². The Morgan fingerprint density at radius 1 is 0.962 bits per heavy atom. The summed E-state index contributed by atoms with van der Waals surface area (Å²) in [6.07, 6.45) is 5.82. The fourth-order valence-corrected chi connectivity index (χ4v) is 7.72. The molecule has 2 amide bonds. The van der Waals surface area contributed by atoms with Crippen LogP contribution in [-0.4, -0.2) is 74.8 Å². The number of nitrogens with zero attached hydrogens (tertiary/aromatic N) is 1. The lowest BCUT2D eigenvalue weighted by molar-refractivity contribution is -0.134. The molecular weight excluding hydrogens is 685 g/mol. The van der Waals surface area contributed by atoms with Crippen LogP contribution in [0, 0.1) is 20.8 Å². The highest BCUT2D eigenvalue weighted by Gasteiger charge is 2.39. The van der Waals surface area contributed by atoms with Crippen LogP contribution in [0.25, 0.3) is 0 Å². The minimum Gasteiger partial charge on any atom is -0.492 e. The molecule has 0 spiro atoms.